The average Bonchev–Trinajstić information content (AvgIpc) is 4.06. The quantitative estimate of drug-likeness (QED) is 0.128. The third-order valence-corrected chi connectivity index (χ3v) is 15.8. The van der Waals surface area contributed by atoms with E-state index in [1.54, 1.807) is 0 Å². The van der Waals surface area contributed by atoms with E-state index in [-0.39, 0.29) is 10.8 Å². The number of rotatable bonds is 2. The fraction of sp³-hybridized carbons (Fsp3) is 0.0938. The molecule has 0 N–H and O–H groups in total. The van der Waals surface area contributed by atoms with Crippen LogP contribution in [0.15, 0.2) is 191 Å². The fourth-order valence-electron chi connectivity index (χ4n) is 12.9. The molecule has 2 aromatic heterocycles. The molecule has 66 heavy (non-hydrogen) atoms. The van der Waals surface area contributed by atoms with Gasteiger partial charge >= 0.3 is 0 Å². The molecule has 0 saturated heterocycles. The summed E-state index contributed by atoms with van der Waals surface area (Å²) in [6, 6.07) is 67.7. The van der Waals surface area contributed by atoms with Gasteiger partial charge in [-0.15, -0.1) is 0 Å². The van der Waals surface area contributed by atoms with Crippen LogP contribution in [0.4, 0.5) is 0 Å². The number of para-hydroxylation sites is 4. The number of fused-ring (bicyclic) bond motifs is 20. The van der Waals surface area contributed by atoms with Gasteiger partial charge in [0.05, 0.1) is 0 Å². The molecule has 0 radical (unpaired) electrons. The first kappa shape index (κ1) is 36.4. The predicted molar refractivity (Wildman–Crippen MR) is 277 cm³/mol. The van der Waals surface area contributed by atoms with E-state index >= 15 is 0 Å². The molecule has 15 rings (SSSR count). The topological polar surface area (TPSA) is 26.3 Å². The van der Waals surface area contributed by atoms with E-state index in [2.05, 4.69) is 210 Å². The molecule has 2 heterocycles. The van der Waals surface area contributed by atoms with Gasteiger partial charge in [-0.25, -0.2) is 0 Å². The molecule has 0 saturated carbocycles. The molecule has 2 aliphatic carbocycles. The van der Waals surface area contributed by atoms with Crippen molar-refractivity contribution < 1.29 is 8.83 Å². The van der Waals surface area contributed by atoms with E-state index in [4.69, 9.17) is 8.83 Å². The Morgan fingerprint density at radius 2 is 0.682 bits per heavy atom. The Bertz CT molecular complexity index is 4060. The smallest absolute Gasteiger partial charge is 0.143 e. The lowest BCUT2D eigenvalue weighted by Gasteiger charge is -2.26. The largest absolute Gasteiger partial charge is 0.455 e. The van der Waals surface area contributed by atoms with Gasteiger partial charge in [0.15, 0.2) is 0 Å². The van der Waals surface area contributed by atoms with Crippen LogP contribution < -0.4 is 0 Å². The number of hydrogen-bond donors (Lipinski definition) is 0. The van der Waals surface area contributed by atoms with Crippen LogP contribution in [-0.2, 0) is 10.8 Å². The van der Waals surface area contributed by atoms with Crippen molar-refractivity contribution in [3.05, 3.63) is 204 Å². The summed E-state index contributed by atoms with van der Waals surface area (Å²) < 4.78 is 13.7. The molecule has 2 heteroatoms. The highest BCUT2D eigenvalue weighted by molar-refractivity contribution is 6.26. The normalized spacial score (nSPS) is 14.6. The molecule has 0 atom stereocenters. The van der Waals surface area contributed by atoms with Crippen molar-refractivity contribution in [2.45, 2.75) is 38.5 Å². The minimum absolute atomic E-state index is 0.230. The summed E-state index contributed by atoms with van der Waals surface area (Å²) in [7, 11) is 0. The van der Waals surface area contributed by atoms with Crippen molar-refractivity contribution in [2.24, 2.45) is 0 Å². The van der Waals surface area contributed by atoms with Crippen molar-refractivity contribution in [1.29, 1.82) is 0 Å². The van der Waals surface area contributed by atoms with Crippen LogP contribution in [0.2, 0.25) is 0 Å². The standard InChI is InChI=1S/C64H42O2/c1-63(2)53-23-9-5-15-37(53)43-29-27-41-49-31-36-34-52(48-22-14-20-46-40-18-8-12-26-56(40)66-62(46)48)58-42(28-30-44-38-16-6-10-24-54(38)64(3,4)60(44)58)50(36)32-35(49)33-51(57(41)59(43)63)47-21-13-19-45-39-17-7-11-25-55(39)65-61(45)47/h5-34H,1-4H3. The van der Waals surface area contributed by atoms with E-state index in [1.165, 1.54) is 98.7 Å². The number of furan rings is 2. The summed E-state index contributed by atoms with van der Waals surface area (Å²) in [5.41, 5.74) is 18.6. The first-order valence-electron chi connectivity index (χ1n) is 23.2. The van der Waals surface area contributed by atoms with Gasteiger partial charge in [-0.1, -0.05) is 173 Å². The van der Waals surface area contributed by atoms with Crippen LogP contribution in [0, 0.1) is 0 Å². The van der Waals surface area contributed by atoms with Gasteiger partial charge in [0.2, 0.25) is 0 Å². The van der Waals surface area contributed by atoms with Crippen LogP contribution in [0.3, 0.4) is 0 Å². The molecule has 13 aromatic rings. The summed E-state index contributed by atoms with van der Waals surface area (Å²) in [4.78, 5) is 0. The van der Waals surface area contributed by atoms with Crippen LogP contribution >= 0.6 is 0 Å². The molecule has 2 aliphatic rings. The number of hydrogen-bond acceptors (Lipinski definition) is 2. The Hall–Kier alpha value is -7.94. The zero-order chi connectivity index (χ0) is 43.8. The maximum absolute atomic E-state index is 6.85. The summed E-state index contributed by atoms with van der Waals surface area (Å²) in [6.07, 6.45) is 0. The number of benzene rings is 11. The van der Waals surface area contributed by atoms with Crippen LogP contribution in [0.5, 0.6) is 0 Å². The van der Waals surface area contributed by atoms with Crippen LogP contribution in [0.1, 0.15) is 49.9 Å². The Morgan fingerprint density at radius 3 is 1.15 bits per heavy atom. The zero-order valence-electron chi connectivity index (χ0n) is 37.1. The van der Waals surface area contributed by atoms with Gasteiger partial charge in [-0.3, -0.25) is 0 Å². The molecule has 2 nitrogen and oxygen atoms in total. The lowest BCUT2D eigenvalue weighted by Crippen LogP contribution is -2.16. The Morgan fingerprint density at radius 1 is 0.288 bits per heavy atom. The van der Waals surface area contributed by atoms with Crippen molar-refractivity contribution in [1.82, 2.24) is 0 Å². The predicted octanol–water partition coefficient (Wildman–Crippen LogP) is 18.0. The van der Waals surface area contributed by atoms with E-state index in [0.717, 1.165) is 55.0 Å². The van der Waals surface area contributed by atoms with Gasteiger partial charge < -0.3 is 8.83 Å². The molecule has 11 aromatic carbocycles. The van der Waals surface area contributed by atoms with Crippen molar-refractivity contribution in [3.63, 3.8) is 0 Å². The van der Waals surface area contributed by atoms with Crippen LogP contribution in [0.25, 0.3) is 131 Å². The second-order valence-corrected chi connectivity index (χ2v) is 19.9. The minimum atomic E-state index is -0.230. The second-order valence-electron chi connectivity index (χ2n) is 19.9. The van der Waals surface area contributed by atoms with Gasteiger partial charge in [-0.05, 0) is 135 Å². The van der Waals surface area contributed by atoms with Gasteiger partial charge in [0.1, 0.15) is 22.3 Å². The van der Waals surface area contributed by atoms with E-state index < -0.39 is 0 Å². The summed E-state index contributed by atoms with van der Waals surface area (Å²) in [5.74, 6) is 0. The Balaban J connectivity index is 1.11. The average molecular weight is 843 g/mol. The van der Waals surface area contributed by atoms with E-state index in [1.807, 2.05) is 0 Å². The maximum Gasteiger partial charge on any atom is 0.143 e. The third kappa shape index (κ3) is 4.51. The van der Waals surface area contributed by atoms with Crippen molar-refractivity contribution in [3.8, 4) is 44.5 Å². The molecular formula is C64H42O2. The summed E-state index contributed by atoms with van der Waals surface area (Å²) in [6.45, 7) is 9.62. The first-order chi connectivity index (χ1) is 32.3. The maximum atomic E-state index is 6.85. The third-order valence-electron chi connectivity index (χ3n) is 15.8. The Kier molecular flexibility index (Phi) is 6.86. The second kappa shape index (κ2) is 12.4. The molecular weight excluding hydrogens is 801 g/mol. The highest BCUT2D eigenvalue weighted by Gasteiger charge is 2.40. The van der Waals surface area contributed by atoms with Crippen molar-refractivity contribution in [2.75, 3.05) is 0 Å². The van der Waals surface area contributed by atoms with E-state index in [0.29, 0.717) is 0 Å². The monoisotopic (exact) mass is 842 g/mol. The lowest BCUT2D eigenvalue weighted by atomic mass is 9.77. The molecule has 0 amide bonds. The summed E-state index contributed by atoms with van der Waals surface area (Å²) >= 11 is 0. The van der Waals surface area contributed by atoms with Gasteiger partial charge in [-0.2, -0.15) is 0 Å². The van der Waals surface area contributed by atoms with Crippen molar-refractivity contribution >= 4 is 87.0 Å². The Labute approximate surface area is 381 Å². The van der Waals surface area contributed by atoms with Crippen LogP contribution in [-0.4, -0.2) is 0 Å². The SMILES string of the molecule is CC1(C)c2ccccc2-c2ccc3c(c(-c4cccc5c4oc4ccccc45)cc4cc5c(cc(-c6cccc7c6oc6ccccc67)c6c7c(ccc65)-c5ccccc5C7(C)C)cc43)c21. The molecule has 310 valence electrons. The lowest BCUT2D eigenvalue weighted by molar-refractivity contribution is 0.665. The molecule has 0 fully saturated rings. The first-order valence-corrected chi connectivity index (χ1v) is 23.2. The minimum Gasteiger partial charge on any atom is -0.455 e. The summed E-state index contributed by atoms with van der Waals surface area (Å²) in [5, 5.41) is 14.6. The molecule has 0 unspecified atom stereocenters. The van der Waals surface area contributed by atoms with Gasteiger partial charge in [0, 0.05) is 43.5 Å². The molecule has 0 spiro atoms. The highest BCUT2D eigenvalue weighted by atomic mass is 16.3. The molecule has 0 bridgehead atoms. The highest BCUT2D eigenvalue weighted by Crippen LogP contribution is 2.57. The zero-order valence-corrected chi connectivity index (χ0v) is 37.1. The van der Waals surface area contributed by atoms with E-state index in [9.17, 15) is 0 Å². The fourth-order valence-corrected chi connectivity index (χ4v) is 12.9. The van der Waals surface area contributed by atoms with Gasteiger partial charge in [0.25, 0.3) is 0 Å². The molecule has 0 aliphatic heterocycles.